The fourth-order valence-corrected chi connectivity index (χ4v) is 5.41. The molecule has 0 fully saturated rings. The molecular formula is C33H31N3O5. The molecule has 0 spiro atoms. The van der Waals surface area contributed by atoms with Crippen LogP contribution in [0, 0.1) is 0 Å². The van der Waals surface area contributed by atoms with Crippen LogP contribution in [0.15, 0.2) is 83.4 Å². The zero-order valence-corrected chi connectivity index (χ0v) is 23.2. The van der Waals surface area contributed by atoms with Gasteiger partial charge in [0.1, 0.15) is 11.4 Å². The van der Waals surface area contributed by atoms with Gasteiger partial charge in [-0.15, -0.1) is 0 Å². The van der Waals surface area contributed by atoms with Crippen molar-refractivity contribution in [2.75, 3.05) is 20.8 Å². The van der Waals surface area contributed by atoms with E-state index in [1.54, 1.807) is 26.4 Å². The summed E-state index contributed by atoms with van der Waals surface area (Å²) in [5, 5.41) is 16.0. The molecule has 3 aromatic heterocycles. The van der Waals surface area contributed by atoms with E-state index in [0.717, 1.165) is 28.4 Å². The summed E-state index contributed by atoms with van der Waals surface area (Å²) < 4.78 is 19.2. The van der Waals surface area contributed by atoms with Crippen molar-refractivity contribution < 1.29 is 23.8 Å². The summed E-state index contributed by atoms with van der Waals surface area (Å²) in [4.78, 5) is 18.7. The fourth-order valence-electron chi connectivity index (χ4n) is 5.41. The normalized spacial score (nSPS) is 12.2. The van der Waals surface area contributed by atoms with E-state index in [1.165, 1.54) is 0 Å². The number of aliphatic hydroxyl groups is 1. The molecule has 0 bridgehead atoms. The van der Waals surface area contributed by atoms with Crippen LogP contribution in [0.4, 0.5) is 0 Å². The summed E-state index contributed by atoms with van der Waals surface area (Å²) in [5.74, 6) is 1.43. The fraction of sp³-hybridized carbons (Fsp3) is 0.212. The van der Waals surface area contributed by atoms with Crippen LogP contribution in [-0.2, 0) is 13.0 Å². The third-order valence-electron chi connectivity index (χ3n) is 7.47. The molecule has 0 saturated carbocycles. The van der Waals surface area contributed by atoms with Gasteiger partial charge in [0.15, 0.2) is 17.1 Å². The van der Waals surface area contributed by atoms with E-state index >= 15 is 0 Å². The van der Waals surface area contributed by atoms with Gasteiger partial charge in [0.05, 0.1) is 37.9 Å². The van der Waals surface area contributed by atoms with Gasteiger partial charge >= 0.3 is 0 Å². The van der Waals surface area contributed by atoms with Crippen LogP contribution in [0.3, 0.4) is 0 Å². The third-order valence-corrected chi connectivity index (χ3v) is 7.47. The van der Waals surface area contributed by atoms with Crippen molar-refractivity contribution in [3.05, 3.63) is 90.1 Å². The number of benzene rings is 3. The maximum atomic E-state index is 13.9. The molecule has 6 rings (SSSR count). The number of pyridine rings is 1. The van der Waals surface area contributed by atoms with Crippen LogP contribution in [0.1, 0.15) is 22.8 Å². The van der Waals surface area contributed by atoms with Crippen molar-refractivity contribution in [2.45, 2.75) is 25.9 Å². The molecule has 0 saturated heterocycles. The molecule has 1 atom stereocenters. The van der Waals surface area contributed by atoms with E-state index in [9.17, 15) is 9.90 Å². The van der Waals surface area contributed by atoms with Crippen LogP contribution in [0.25, 0.3) is 44.2 Å². The van der Waals surface area contributed by atoms with Gasteiger partial charge in [0.25, 0.3) is 5.91 Å². The van der Waals surface area contributed by atoms with Crippen LogP contribution >= 0.6 is 0 Å². The van der Waals surface area contributed by atoms with Crippen LogP contribution in [0.5, 0.6) is 11.5 Å². The molecule has 8 heteroatoms. The van der Waals surface area contributed by atoms with Crippen molar-refractivity contribution in [1.82, 2.24) is 14.9 Å². The van der Waals surface area contributed by atoms with Gasteiger partial charge in [0, 0.05) is 34.4 Å². The topological polar surface area (TPSA) is 98.8 Å². The van der Waals surface area contributed by atoms with Gasteiger partial charge in [-0.25, -0.2) is 4.98 Å². The van der Waals surface area contributed by atoms with Crippen molar-refractivity contribution in [3.8, 4) is 23.0 Å². The summed E-state index contributed by atoms with van der Waals surface area (Å²) in [6, 6.07) is 22.4. The Labute approximate surface area is 237 Å². The molecule has 8 nitrogen and oxygen atoms in total. The number of ether oxygens (including phenoxy) is 2. The van der Waals surface area contributed by atoms with E-state index in [2.05, 4.69) is 35.1 Å². The molecule has 0 radical (unpaired) electrons. The molecule has 0 aliphatic carbocycles. The zero-order valence-electron chi connectivity index (χ0n) is 23.2. The lowest BCUT2D eigenvalue weighted by molar-refractivity contribution is 0.0918. The number of nitrogens with one attached hydrogen (secondary N) is 1. The number of furan rings is 1. The molecule has 2 N–H and O–H groups in total. The summed E-state index contributed by atoms with van der Waals surface area (Å²) in [6.45, 7) is 2.72. The quantitative estimate of drug-likeness (QED) is 0.230. The first-order chi connectivity index (χ1) is 20.0. The highest BCUT2D eigenvalue weighted by Gasteiger charge is 2.21. The first kappa shape index (κ1) is 26.4. The predicted octanol–water partition coefficient (Wildman–Crippen LogP) is 5.97. The van der Waals surface area contributed by atoms with Crippen molar-refractivity contribution in [3.63, 3.8) is 0 Å². The van der Waals surface area contributed by atoms with E-state index in [-0.39, 0.29) is 12.5 Å². The van der Waals surface area contributed by atoms with Gasteiger partial charge in [0.2, 0.25) is 0 Å². The monoisotopic (exact) mass is 549 g/mol. The molecule has 6 aromatic rings. The Morgan fingerprint density at radius 2 is 1.88 bits per heavy atom. The van der Waals surface area contributed by atoms with Crippen molar-refractivity contribution >= 4 is 38.7 Å². The number of amides is 1. The highest BCUT2D eigenvalue weighted by molar-refractivity contribution is 6.07. The average Bonchev–Trinajstić information content (AvgIpc) is 3.61. The minimum atomic E-state index is -0.494. The largest absolute Gasteiger partial charge is 0.497 e. The number of aliphatic hydroxyl groups excluding tert-OH is 1. The van der Waals surface area contributed by atoms with E-state index in [1.807, 2.05) is 48.5 Å². The molecule has 0 unspecified atom stereocenters. The second-order valence-corrected chi connectivity index (χ2v) is 9.94. The van der Waals surface area contributed by atoms with E-state index < -0.39 is 6.04 Å². The Balaban J connectivity index is 1.38. The SMILES string of the molecule is CCn1cc(C[C@H](CO)NC(=O)c2cc(-c3cc4cccc(OC)c4o3)nc3ccc(OC)cc23)c2ccccc21. The lowest BCUT2D eigenvalue weighted by atomic mass is 10.0. The Morgan fingerprint density at radius 1 is 1.02 bits per heavy atom. The van der Waals surface area contributed by atoms with Crippen molar-refractivity contribution in [2.24, 2.45) is 0 Å². The lowest BCUT2D eigenvalue weighted by Gasteiger charge is -2.17. The molecule has 41 heavy (non-hydrogen) atoms. The van der Waals surface area contributed by atoms with E-state index in [0.29, 0.717) is 51.4 Å². The molecule has 0 aliphatic heterocycles. The number of aromatic nitrogens is 2. The highest BCUT2D eigenvalue weighted by Crippen LogP contribution is 2.35. The van der Waals surface area contributed by atoms with Crippen LogP contribution < -0.4 is 14.8 Å². The summed E-state index contributed by atoms with van der Waals surface area (Å²) >= 11 is 0. The van der Waals surface area contributed by atoms with Crippen LogP contribution in [-0.4, -0.2) is 47.4 Å². The third kappa shape index (κ3) is 4.87. The minimum Gasteiger partial charge on any atom is -0.497 e. The van der Waals surface area contributed by atoms with E-state index in [4.69, 9.17) is 18.9 Å². The highest BCUT2D eigenvalue weighted by atomic mass is 16.5. The van der Waals surface area contributed by atoms with Crippen molar-refractivity contribution in [1.29, 1.82) is 0 Å². The number of nitrogens with zero attached hydrogens (tertiary/aromatic N) is 2. The zero-order chi connectivity index (χ0) is 28.5. The molecule has 208 valence electrons. The second kappa shape index (κ2) is 11.0. The first-order valence-electron chi connectivity index (χ1n) is 13.6. The first-order valence-corrected chi connectivity index (χ1v) is 13.6. The van der Waals surface area contributed by atoms with Gasteiger partial charge in [-0.1, -0.05) is 30.3 Å². The average molecular weight is 550 g/mol. The number of rotatable bonds is 9. The van der Waals surface area contributed by atoms with Gasteiger partial charge in [-0.2, -0.15) is 0 Å². The Kier molecular flexibility index (Phi) is 7.07. The number of carbonyl (C=O) groups excluding carboxylic acids is 1. The van der Waals surface area contributed by atoms with Gasteiger partial charge in [-0.3, -0.25) is 4.79 Å². The second-order valence-electron chi connectivity index (χ2n) is 9.94. The number of fused-ring (bicyclic) bond motifs is 3. The predicted molar refractivity (Wildman–Crippen MR) is 160 cm³/mol. The molecule has 1 amide bonds. The Bertz CT molecular complexity index is 1890. The van der Waals surface area contributed by atoms with Gasteiger partial charge < -0.3 is 28.9 Å². The minimum absolute atomic E-state index is 0.208. The molecule has 0 aliphatic rings. The number of hydrogen-bond donors (Lipinski definition) is 2. The summed E-state index contributed by atoms with van der Waals surface area (Å²) in [6.07, 6.45) is 2.58. The Hall–Kier alpha value is -4.82. The van der Waals surface area contributed by atoms with Gasteiger partial charge in [-0.05, 0) is 61.4 Å². The number of carbonyl (C=O) groups is 1. The number of methoxy groups -OCH3 is 2. The number of hydrogen-bond acceptors (Lipinski definition) is 6. The smallest absolute Gasteiger partial charge is 0.252 e. The maximum absolute atomic E-state index is 13.9. The number of aryl methyl sites for hydroxylation is 1. The summed E-state index contributed by atoms with van der Waals surface area (Å²) in [7, 11) is 3.18. The lowest BCUT2D eigenvalue weighted by Crippen LogP contribution is -2.39. The maximum Gasteiger partial charge on any atom is 0.252 e. The Morgan fingerprint density at radius 3 is 2.66 bits per heavy atom. The summed E-state index contributed by atoms with van der Waals surface area (Å²) in [5.41, 5.74) is 4.35. The number of para-hydroxylation sites is 2. The molecular weight excluding hydrogens is 518 g/mol. The molecule has 3 heterocycles. The molecule has 3 aromatic carbocycles. The van der Waals surface area contributed by atoms with Crippen LogP contribution in [0.2, 0.25) is 0 Å². The standard InChI is InChI=1S/C33H31N3O5/c1-4-36-18-21(24-9-5-6-10-29(24)36)14-22(19-37)34-33(38)26-17-28(35-27-13-12-23(39-2)16-25(26)27)31-15-20-8-7-11-30(40-3)32(20)41-31/h5-13,15-18,22,37H,4,14,19H2,1-3H3,(H,34,38)/t22-/m1/s1.